The van der Waals surface area contributed by atoms with Gasteiger partial charge in [0.15, 0.2) is 12.4 Å². The van der Waals surface area contributed by atoms with Gasteiger partial charge >= 0.3 is 0 Å². The topological polar surface area (TPSA) is 143 Å². The quantitative estimate of drug-likeness (QED) is 0.354. The minimum atomic E-state index is -0.568. The number of amides is 1. The van der Waals surface area contributed by atoms with Gasteiger partial charge in [0.05, 0.1) is 23.8 Å². The van der Waals surface area contributed by atoms with E-state index in [2.05, 4.69) is 25.8 Å². The van der Waals surface area contributed by atoms with Crippen molar-refractivity contribution >= 4 is 17.3 Å². The summed E-state index contributed by atoms with van der Waals surface area (Å²) in [6, 6.07) is 14.9. The number of nitrogens with zero attached hydrogens (tertiary/aromatic N) is 7. The summed E-state index contributed by atoms with van der Waals surface area (Å²) in [5.74, 6) is 0.199. The smallest absolute Gasteiger partial charge is 0.276 e. The van der Waals surface area contributed by atoms with E-state index >= 15 is 0 Å². The Labute approximate surface area is 175 Å². The second kappa shape index (κ2) is 8.41. The number of hydrogen-bond acceptors (Lipinski definition) is 8. The molecule has 2 aromatic carbocycles. The first-order chi connectivity index (χ1) is 15.0. The molecule has 2 heterocycles. The molecule has 0 spiro atoms. The molecule has 12 heteroatoms. The molecule has 0 radical (unpaired) electrons. The fourth-order valence-corrected chi connectivity index (χ4v) is 2.77. The Hall–Kier alpha value is -4.61. The molecule has 31 heavy (non-hydrogen) atoms. The molecule has 1 amide bonds. The van der Waals surface area contributed by atoms with Gasteiger partial charge in [0.2, 0.25) is 5.82 Å². The molecular formula is C19H16N8O4. The molecule has 0 saturated carbocycles. The molecular weight excluding hydrogens is 404 g/mol. The summed E-state index contributed by atoms with van der Waals surface area (Å²) in [5, 5.41) is 30.1. The Kier molecular flexibility index (Phi) is 5.34. The van der Waals surface area contributed by atoms with Gasteiger partial charge in [0.25, 0.3) is 11.6 Å². The van der Waals surface area contributed by atoms with Crippen molar-refractivity contribution in [1.29, 1.82) is 0 Å². The van der Waals surface area contributed by atoms with E-state index in [1.807, 2.05) is 30.3 Å². The Morgan fingerprint density at radius 2 is 1.97 bits per heavy atom. The molecule has 4 aromatic rings. The predicted octanol–water partition coefficient (Wildman–Crippen LogP) is 2.21. The summed E-state index contributed by atoms with van der Waals surface area (Å²) in [5.41, 5.74) is 0.971. The molecule has 12 nitrogen and oxygen atoms in total. The van der Waals surface area contributed by atoms with Gasteiger partial charge in [0.1, 0.15) is 5.75 Å². The van der Waals surface area contributed by atoms with Crippen LogP contribution in [0, 0.1) is 10.1 Å². The highest BCUT2D eigenvalue weighted by molar-refractivity contribution is 6.03. The first-order valence-corrected chi connectivity index (χ1v) is 9.03. The maximum Gasteiger partial charge on any atom is 0.276 e. The number of hydrogen-bond donors (Lipinski definition) is 1. The van der Waals surface area contributed by atoms with Crippen molar-refractivity contribution in [2.45, 2.75) is 6.67 Å². The molecule has 156 valence electrons. The zero-order valence-electron chi connectivity index (χ0n) is 16.2. The van der Waals surface area contributed by atoms with E-state index in [0.29, 0.717) is 5.82 Å². The van der Waals surface area contributed by atoms with Gasteiger partial charge in [-0.25, -0.2) is 4.68 Å². The minimum Gasteiger partial charge on any atom is -0.496 e. The van der Waals surface area contributed by atoms with Crippen LogP contribution in [0.25, 0.3) is 11.4 Å². The molecule has 0 saturated heterocycles. The number of nitrogens with one attached hydrogen (secondary N) is 1. The third kappa shape index (κ3) is 4.53. The fourth-order valence-electron chi connectivity index (χ4n) is 2.77. The predicted molar refractivity (Wildman–Crippen MR) is 108 cm³/mol. The number of carbonyl (C=O) groups is 1. The first-order valence-electron chi connectivity index (χ1n) is 9.03. The van der Waals surface area contributed by atoms with Crippen molar-refractivity contribution in [3.05, 3.63) is 76.6 Å². The van der Waals surface area contributed by atoms with E-state index in [0.717, 1.165) is 5.56 Å². The monoisotopic (exact) mass is 420 g/mol. The lowest BCUT2D eigenvalue weighted by atomic mass is 10.2. The molecule has 2 aromatic heterocycles. The van der Waals surface area contributed by atoms with Crippen LogP contribution in [0.3, 0.4) is 0 Å². The van der Waals surface area contributed by atoms with Crippen LogP contribution >= 0.6 is 0 Å². The molecule has 0 fully saturated rings. The van der Waals surface area contributed by atoms with Crippen LogP contribution in [0.2, 0.25) is 0 Å². The molecule has 0 unspecified atom stereocenters. The number of non-ortho nitro benzene ring substituents is 1. The number of methoxy groups -OCH3 is 1. The van der Waals surface area contributed by atoms with Gasteiger partial charge in [-0.1, -0.05) is 30.3 Å². The molecule has 1 N–H and O–H groups in total. The van der Waals surface area contributed by atoms with Crippen molar-refractivity contribution in [2.75, 3.05) is 12.4 Å². The number of anilines is 1. The first kappa shape index (κ1) is 19.7. The Balaban J connectivity index is 1.45. The van der Waals surface area contributed by atoms with Crippen LogP contribution in [0.5, 0.6) is 5.75 Å². The number of aromatic nitrogens is 6. The van der Waals surface area contributed by atoms with Crippen LogP contribution in [0.15, 0.2) is 60.8 Å². The highest BCUT2D eigenvalue weighted by Gasteiger charge is 2.15. The number of rotatable bonds is 7. The lowest BCUT2D eigenvalue weighted by Gasteiger charge is -2.06. The van der Waals surface area contributed by atoms with E-state index in [1.165, 1.54) is 40.9 Å². The van der Waals surface area contributed by atoms with Crippen molar-refractivity contribution in [3.63, 3.8) is 0 Å². The van der Waals surface area contributed by atoms with Crippen LogP contribution in [-0.4, -0.2) is 47.9 Å². The Bertz CT molecular complexity index is 1230. The van der Waals surface area contributed by atoms with Gasteiger partial charge in [-0.3, -0.25) is 14.9 Å². The zero-order valence-corrected chi connectivity index (χ0v) is 16.2. The number of benzene rings is 2. The fraction of sp³-hybridized carbons (Fsp3) is 0.105. The second-order valence-corrected chi connectivity index (χ2v) is 6.36. The lowest BCUT2D eigenvalue weighted by molar-refractivity contribution is -0.384. The number of tetrazole rings is 1. The van der Waals surface area contributed by atoms with Crippen molar-refractivity contribution < 1.29 is 14.5 Å². The SMILES string of the molecule is COc1cc(NC(=O)c2ccn(Cn3nnc(-c4ccccc4)n3)n2)cc([N+](=O)[O-])c1. The highest BCUT2D eigenvalue weighted by Crippen LogP contribution is 2.26. The molecule has 0 bridgehead atoms. The molecule has 0 aliphatic heterocycles. The lowest BCUT2D eigenvalue weighted by Crippen LogP contribution is -2.16. The van der Waals surface area contributed by atoms with E-state index in [-0.39, 0.29) is 29.5 Å². The Morgan fingerprint density at radius 1 is 1.16 bits per heavy atom. The van der Waals surface area contributed by atoms with Gasteiger partial charge in [-0.05, 0) is 11.3 Å². The Morgan fingerprint density at radius 3 is 2.71 bits per heavy atom. The summed E-state index contributed by atoms with van der Waals surface area (Å²) in [7, 11) is 1.38. The van der Waals surface area contributed by atoms with Crippen LogP contribution in [-0.2, 0) is 6.67 Å². The van der Waals surface area contributed by atoms with Crippen LogP contribution in [0.1, 0.15) is 10.5 Å². The average molecular weight is 420 g/mol. The summed E-state index contributed by atoms with van der Waals surface area (Å²) in [6.07, 6.45) is 1.59. The van der Waals surface area contributed by atoms with E-state index in [1.54, 1.807) is 6.20 Å². The molecule has 4 rings (SSSR count). The van der Waals surface area contributed by atoms with Gasteiger partial charge in [-0.2, -0.15) is 5.10 Å². The maximum atomic E-state index is 12.5. The summed E-state index contributed by atoms with van der Waals surface area (Å²) >= 11 is 0. The summed E-state index contributed by atoms with van der Waals surface area (Å²) < 4.78 is 6.51. The third-order valence-corrected chi connectivity index (χ3v) is 4.23. The highest BCUT2D eigenvalue weighted by atomic mass is 16.6. The van der Waals surface area contributed by atoms with Crippen molar-refractivity contribution in [3.8, 4) is 17.1 Å². The van der Waals surface area contributed by atoms with Crippen LogP contribution < -0.4 is 10.1 Å². The number of carbonyl (C=O) groups excluding carboxylic acids is 1. The van der Waals surface area contributed by atoms with Gasteiger partial charge < -0.3 is 10.1 Å². The number of ether oxygens (including phenoxy) is 1. The second-order valence-electron chi connectivity index (χ2n) is 6.36. The normalized spacial score (nSPS) is 10.6. The standard InChI is InChI=1S/C19H16N8O4/c1-31-16-10-14(9-15(11-16)27(29)30)20-19(28)17-7-8-25(22-17)12-26-23-18(21-24-26)13-5-3-2-4-6-13/h2-11H,12H2,1H3,(H,20,28). The summed E-state index contributed by atoms with van der Waals surface area (Å²) in [4.78, 5) is 24.3. The molecule has 0 atom stereocenters. The van der Waals surface area contributed by atoms with Gasteiger partial charge in [0, 0.05) is 23.9 Å². The number of nitro groups is 1. The molecule has 0 aliphatic carbocycles. The van der Waals surface area contributed by atoms with E-state index < -0.39 is 10.8 Å². The molecule has 0 aliphatic rings. The third-order valence-electron chi connectivity index (χ3n) is 4.23. The van der Waals surface area contributed by atoms with Crippen molar-refractivity contribution in [2.24, 2.45) is 0 Å². The average Bonchev–Trinajstić information content (AvgIpc) is 3.44. The van der Waals surface area contributed by atoms with Crippen LogP contribution in [0.4, 0.5) is 11.4 Å². The maximum absolute atomic E-state index is 12.5. The van der Waals surface area contributed by atoms with E-state index in [9.17, 15) is 14.9 Å². The van der Waals surface area contributed by atoms with E-state index in [4.69, 9.17) is 4.74 Å². The number of nitro benzene ring substituents is 1. The van der Waals surface area contributed by atoms with Crippen molar-refractivity contribution in [1.82, 2.24) is 30.0 Å². The minimum absolute atomic E-state index is 0.119. The largest absolute Gasteiger partial charge is 0.496 e. The van der Waals surface area contributed by atoms with Gasteiger partial charge in [-0.15, -0.1) is 15.0 Å². The summed E-state index contributed by atoms with van der Waals surface area (Å²) in [6.45, 7) is 0.151. The zero-order chi connectivity index (χ0) is 21.8.